The third kappa shape index (κ3) is 6.79. The molecular formula is C6H10N2O2S. The van der Waals surface area contributed by atoms with Gasteiger partial charge in [-0.3, -0.25) is 9.78 Å². The lowest BCUT2D eigenvalue weighted by Gasteiger charge is -1.79. The Morgan fingerprint density at radius 1 is 1.91 bits per heavy atom. The van der Waals surface area contributed by atoms with Crippen molar-refractivity contribution in [3.63, 3.8) is 0 Å². The second kappa shape index (κ2) is 7.01. The number of aromatic nitrogens is 1. The Kier molecular flexibility index (Phi) is 6.31. The van der Waals surface area contributed by atoms with Crippen LogP contribution in [0.5, 0.6) is 0 Å². The molecule has 0 aliphatic rings. The smallest absolute Gasteiger partial charge is 0.293 e. The summed E-state index contributed by atoms with van der Waals surface area (Å²) >= 11 is 1.44. The molecule has 0 amide bonds. The number of hydrogen-bond donors (Lipinski definition) is 1. The van der Waals surface area contributed by atoms with Crippen molar-refractivity contribution >= 4 is 22.8 Å². The van der Waals surface area contributed by atoms with Gasteiger partial charge in [-0.25, -0.2) is 0 Å². The summed E-state index contributed by atoms with van der Waals surface area (Å²) < 4.78 is 4.15. The van der Waals surface area contributed by atoms with Gasteiger partial charge in [0.15, 0.2) is 0 Å². The maximum absolute atomic E-state index is 9.18. The zero-order chi connectivity index (χ0) is 8.53. The van der Waals surface area contributed by atoms with Crippen LogP contribution in [0.25, 0.3) is 0 Å². The van der Waals surface area contributed by atoms with E-state index in [2.05, 4.69) is 9.72 Å². The van der Waals surface area contributed by atoms with Crippen LogP contribution in [0.3, 0.4) is 0 Å². The van der Waals surface area contributed by atoms with Crippen molar-refractivity contribution in [1.29, 1.82) is 0 Å². The number of carbonyl (C=O) groups is 1. The number of ether oxygens (including phenoxy) is 1. The normalized spacial score (nSPS) is 7.73. The molecule has 0 radical (unpaired) electrons. The van der Waals surface area contributed by atoms with Gasteiger partial charge in [0, 0.05) is 0 Å². The molecule has 0 saturated heterocycles. The molecular weight excluding hydrogens is 164 g/mol. The molecule has 0 aromatic carbocycles. The Bertz CT molecular complexity index is 177. The van der Waals surface area contributed by atoms with Gasteiger partial charge >= 0.3 is 0 Å². The molecule has 62 valence electrons. The molecule has 0 bridgehead atoms. The summed E-state index contributed by atoms with van der Waals surface area (Å²) in [6.45, 7) is 2.66. The lowest BCUT2D eigenvalue weighted by Crippen LogP contribution is -1.80. The molecule has 0 spiro atoms. The third-order valence-electron chi connectivity index (χ3n) is 0.686. The first kappa shape index (κ1) is 9.90. The van der Waals surface area contributed by atoms with Crippen molar-refractivity contribution in [2.45, 2.75) is 6.92 Å². The number of thiazole rings is 1. The van der Waals surface area contributed by atoms with Crippen LogP contribution in [0.1, 0.15) is 6.92 Å². The minimum Gasteiger partial charge on any atom is -0.468 e. The Morgan fingerprint density at radius 2 is 2.64 bits per heavy atom. The van der Waals surface area contributed by atoms with Gasteiger partial charge in [0.1, 0.15) is 5.00 Å². The average molecular weight is 174 g/mol. The summed E-state index contributed by atoms with van der Waals surface area (Å²) in [5, 5.41) is 0.773. The molecule has 0 atom stereocenters. The van der Waals surface area contributed by atoms with Crippen LogP contribution < -0.4 is 5.73 Å². The second-order valence-corrected chi connectivity index (χ2v) is 2.37. The standard InChI is InChI=1S/C3H4N2S.C3H6O2/c4-3-1-5-2-6-3;1-2-5-3-4/h1-2H,4H2;3H,2H2,1H3. The highest BCUT2D eigenvalue weighted by Gasteiger charge is 1.76. The van der Waals surface area contributed by atoms with E-state index < -0.39 is 0 Å². The van der Waals surface area contributed by atoms with Crippen molar-refractivity contribution in [2.75, 3.05) is 12.3 Å². The zero-order valence-electron chi connectivity index (χ0n) is 6.19. The highest BCUT2D eigenvalue weighted by Crippen LogP contribution is 2.04. The highest BCUT2D eigenvalue weighted by atomic mass is 32.1. The molecule has 0 unspecified atom stereocenters. The number of nitrogen functional groups attached to an aromatic ring is 1. The van der Waals surface area contributed by atoms with E-state index >= 15 is 0 Å². The Hall–Kier alpha value is -1.10. The minimum absolute atomic E-state index is 0.431. The van der Waals surface area contributed by atoms with Crippen molar-refractivity contribution in [1.82, 2.24) is 4.98 Å². The van der Waals surface area contributed by atoms with E-state index in [-0.39, 0.29) is 0 Å². The van der Waals surface area contributed by atoms with Crippen LogP contribution in [0.4, 0.5) is 5.00 Å². The Balaban J connectivity index is 0.000000187. The number of nitrogens with zero attached hydrogens (tertiary/aromatic N) is 1. The molecule has 1 aromatic heterocycles. The Labute approximate surface area is 69.0 Å². The van der Waals surface area contributed by atoms with Gasteiger partial charge < -0.3 is 10.5 Å². The van der Waals surface area contributed by atoms with Crippen LogP contribution >= 0.6 is 11.3 Å². The molecule has 0 fully saturated rings. The predicted octanol–water partition coefficient (Wildman–Crippen LogP) is 0.905. The molecule has 2 N–H and O–H groups in total. The molecule has 4 nitrogen and oxygen atoms in total. The van der Waals surface area contributed by atoms with E-state index in [1.54, 1.807) is 18.6 Å². The van der Waals surface area contributed by atoms with Crippen LogP contribution in [0.15, 0.2) is 11.7 Å². The monoisotopic (exact) mass is 174 g/mol. The summed E-state index contributed by atoms with van der Waals surface area (Å²) in [5.41, 5.74) is 6.94. The first-order valence-electron chi connectivity index (χ1n) is 3.00. The minimum atomic E-state index is 0.431. The second-order valence-electron chi connectivity index (χ2n) is 1.46. The van der Waals surface area contributed by atoms with Crippen molar-refractivity contribution < 1.29 is 9.53 Å². The molecule has 1 heterocycles. The van der Waals surface area contributed by atoms with Gasteiger partial charge in [0.2, 0.25) is 0 Å². The SMILES string of the molecule is CCOC=O.Nc1cncs1. The summed E-state index contributed by atoms with van der Waals surface area (Å²) in [7, 11) is 0. The van der Waals surface area contributed by atoms with Crippen LogP contribution in [-0.4, -0.2) is 18.1 Å². The molecule has 0 aliphatic heterocycles. The number of carbonyl (C=O) groups excluding carboxylic acids is 1. The van der Waals surface area contributed by atoms with Gasteiger partial charge in [-0.05, 0) is 6.92 Å². The summed E-state index contributed by atoms with van der Waals surface area (Å²) in [5.74, 6) is 0. The van der Waals surface area contributed by atoms with Crippen molar-refractivity contribution in [2.24, 2.45) is 0 Å². The van der Waals surface area contributed by atoms with Crippen molar-refractivity contribution in [3.8, 4) is 0 Å². The molecule has 5 heteroatoms. The lowest BCUT2D eigenvalue weighted by atomic mass is 10.9. The van der Waals surface area contributed by atoms with Gasteiger partial charge in [-0.1, -0.05) is 0 Å². The van der Waals surface area contributed by atoms with Crippen molar-refractivity contribution in [3.05, 3.63) is 11.7 Å². The van der Waals surface area contributed by atoms with Crippen LogP contribution in [0, 0.1) is 0 Å². The van der Waals surface area contributed by atoms with E-state index in [9.17, 15) is 4.79 Å². The maximum Gasteiger partial charge on any atom is 0.293 e. The third-order valence-corrected chi connectivity index (χ3v) is 1.29. The lowest BCUT2D eigenvalue weighted by molar-refractivity contribution is -0.128. The molecule has 11 heavy (non-hydrogen) atoms. The summed E-state index contributed by atoms with van der Waals surface area (Å²) in [4.78, 5) is 12.9. The predicted molar refractivity (Wildman–Crippen MR) is 44.2 cm³/mol. The topological polar surface area (TPSA) is 65.2 Å². The number of nitrogens with two attached hydrogens (primary N) is 1. The largest absolute Gasteiger partial charge is 0.468 e. The fraction of sp³-hybridized carbons (Fsp3) is 0.333. The first-order chi connectivity index (χ1) is 5.31. The number of hydrogen-bond acceptors (Lipinski definition) is 5. The summed E-state index contributed by atoms with van der Waals surface area (Å²) in [6.07, 6.45) is 1.63. The van der Waals surface area contributed by atoms with E-state index in [1.807, 2.05) is 0 Å². The number of anilines is 1. The molecule has 1 rings (SSSR count). The van der Waals surface area contributed by atoms with E-state index in [1.165, 1.54) is 11.3 Å². The Morgan fingerprint density at radius 3 is 2.73 bits per heavy atom. The van der Waals surface area contributed by atoms with Gasteiger partial charge in [-0.2, -0.15) is 0 Å². The fourth-order valence-corrected chi connectivity index (χ4v) is 0.659. The summed E-state index contributed by atoms with van der Waals surface area (Å²) in [6, 6.07) is 0. The fourth-order valence-electron chi connectivity index (χ4n) is 0.294. The van der Waals surface area contributed by atoms with Gasteiger partial charge in [-0.15, -0.1) is 11.3 Å². The highest BCUT2D eigenvalue weighted by molar-refractivity contribution is 7.13. The molecule has 0 aliphatic carbocycles. The average Bonchev–Trinajstić information content (AvgIpc) is 2.43. The first-order valence-corrected chi connectivity index (χ1v) is 3.88. The van der Waals surface area contributed by atoms with Gasteiger partial charge in [0.25, 0.3) is 6.47 Å². The molecule has 0 saturated carbocycles. The zero-order valence-corrected chi connectivity index (χ0v) is 7.00. The van der Waals surface area contributed by atoms with Gasteiger partial charge in [0.05, 0.1) is 18.3 Å². The van der Waals surface area contributed by atoms with E-state index in [0.29, 0.717) is 13.1 Å². The van der Waals surface area contributed by atoms with Crippen LogP contribution in [-0.2, 0) is 9.53 Å². The quantitative estimate of drug-likeness (QED) is 0.677. The van der Waals surface area contributed by atoms with E-state index in [0.717, 1.165) is 5.00 Å². The molecule has 1 aromatic rings. The maximum atomic E-state index is 9.18. The number of rotatable bonds is 2. The van der Waals surface area contributed by atoms with E-state index in [4.69, 9.17) is 5.73 Å². The van der Waals surface area contributed by atoms with Crippen LogP contribution in [0.2, 0.25) is 0 Å².